The van der Waals surface area contributed by atoms with E-state index in [1.54, 1.807) is 0 Å². The van der Waals surface area contributed by atoms with Crippen molar-refractivity contribution >= 4 is 5.69 Å². The molecule has 1 fully saturated rings. The van der Waals surface area contributed by atoms with E-state index in [9.17, 15) is 0 Å². The fraction of sp³-hybridized carbons (Fsp3) is 0.571. The third-order valence-corrected chi connectivity index (χ3v) is 3.85. The quantitative estimate of drug-likeness (QED) is 0.690. The highest BCUT2D eigenvalue weighted by Crippen LogP contribution is 2.41. The Morgan fingerprint density at radius 3 is 2.60 bits per heavy atom. The molecule has 1 aliphatic carbocycles. The van der Waals surface area contributed by atoms with E-state index in [4.69, 9.17) is 5.73 Å². The number of hydrogen-bond acceptors (Lipinski definition) is 1. The largest absolute Gasteiger partial charge is 0.398 e. The first-order valence-corrected chi connectivity index (χ1v) is 6.03. The van der Waals surface area contributed by atoms with Gasteiger partial charge in [-0.05, 0) is 42.2 Å². The molecule has 1 aromatic rings. The summed E-state index contributed by atoms with van der Waals surface area (Å²) >= 11 is 0. The zero-order chi connectivity index (χ0) is 10.8. The lowest BCUT2D eigenvalue weighted by Gasteiger charge is -2.33. The van der Waals surface area contributed by atoms with Crippen molar-refractivity contribution in [3.63, 3.8) is 0 Å². The van der Waals surface area contributed by atoms with Gasteiger partial charge >= 0.3 is 0 Å². The third kappa shape index (κ3) is 2.17. The van der Waals surface area contributed by atoms with E-state index in [-0.39, 0.29) is 0 Å². The van der Waals surface area contributed by atoms with Crippen molar-refractivity contribution in [2.75, 3.05) is 5.73 Å². The molecule has 3 unspecified atom stereocenters. The minimum absolute atomic E-state index is 0.676. The average molecular weight is 203 g/mol. The Hall–Kier alpha value is -0.980. The van der Waals surface area contributed by atoms with Crippen LogP contribution >= 0.6 is 0 Å². The zero-order valence-electron chi connectivity index (χ0n) is 9.74. The summed E-state index contributed by atoms with van der Waals surface area (Å²) < 4.78 is 0. The van der Waals surface area contributed by atoms with Gasteiger partial charge in [0.15, 0.2) is 0 Å². The lowest BCUT2D eigenvalue weighted by Crippen LogP contribution is -2.20. The Balaban J connectivity index is 2.25. The normalized spacial score (nSPS) is 31.5. The van der Waals surface area contributed by atoms with Crippen LogP contribution in [0.4, 0.5) is 5.69 Å². The van der Waals surface area contributed by atoms with Crippen LogP contribution < -0.4 is 5.73 Å². The number of nitrogens with two attached hydrogens (primary N) is 1. The molecule has 2 N–H and O–H groups in total. The molecule has 0 amide bonds. The summed E-state index contributed by atoms with van der Waals surface area (Å²) in [5.41, 5.74) is 8.41. The van der Waals surface area contributed by atoms with Gasteiger partial charge in [-0.1, -0.05) is 38.5 Å². The Morgan fingerprint density at radius 2 is 1.87 bits per heavy atom. The molecular weight excluding hydrogens is 182 g/mol. The first-order valence-electron chi connectivity index (χ1n) is 6.03. The van der Waals surface area contributed by atoms with Crippen molar-refractivity contribution in [2.45, 2.75) is 39.0 Å². The molecule has 15 heavy (non-hydrogen) atoms. The van der Waals surface area contributed by atoms with E-state index >= 15 is 0 Å². The zero-order valence-corrected chi connectivity index (χ0v) is 9.74. The molecule has 3 atom stereocenters. The number of para-hydroxylation sites is 1. The number of nitrogen functional groups attached to an aromatic ring is 1. The lowest BCUT2D eigenvalue weighted by molar-refractivity contribution is 0.265. The van der Waals surface area contributed by atoms with Crippen molar-refractivity contribution in [1.29, 1.82) is 0 Å². The number of anilines is 1. The smallest absolute Gasteiger partial charge is 0.0349 e. The predicted molar refractivity (Wildman–Crippen MR) is 65.8 cm³/mol. The van der Waals surface area contributed by atoms with E-state index in [1.807, 2.05) is 12.1 Å². The Bertz CT molecular complexity index is 332. The molecule has 82 valence electrons. The third-order valence-electron chi connectivity index (χ3n) is 3.85. The van der Waals surface area contributed by atoms with E-state index < -0.39 is 0 Å². The van der Waals surface area contributed by atoms with E-state index in [0.29, 0.717) is 5.92 Å². The Kier molecular flexibility index (Phi) is 2.99. The number of hydrogen-bond donors (Lipinski definition) is 1. The SMILES string of the molecule is CC1CCC(C)C(c2ccccc2N)C1. The monoisotopic (exact) mass is 203 g/mol. The van der Waals surface area contributed by atoms with Crippen LogP contribution in [0, 0.1) is 11.8 Å². The van der Waals surface area contributed by atoms with Gasteiger partial charge in [0.1, 0.15) is 0 Å². The maximum Gasteiger partial charge on any atom is 0.0349 e. The number of rotatable bonds is 1. The standard InChI is InChI=1S/C14H21N/c1-10-7-8-11(2)13(9-10)12-5-3-4-6-14(12)15/h3-6,10-11,13H,7-9,15H2,1-2H3. The first kappa shape index (κ1) is 10.5. The topological polar surface area (TPSA) is 26.0 Å². The lowest BCUT2D eigenvalue weighted by atomic mass is 9.72. The van der Waals surface area contributed by atoms with Crippen LogP contribution in [0.25, 0.3) is 0 Å². The molecular formula is C14H21N. The highest BCUT2D eigenvalue weighted by atomic mass is 14.6. The van der Waals surface area contributed by atoms with Crippen molar-refractivity contribution in [3.8, 4) is 0 Å². The van der Waals surface area contributed by atoms with Crippen LogP contribution in [0.15, 0.2) is 24.3 Å². The van der Waals surface area contributed by atoms with Crippen LogP contribution in [0.5, 0.6) is 0 Å². The molecule has 1 nitrogen and oxygen atoms in total. The van der Waals surface area contributed by atoms with Crippen molar-refractivity contribution < 1.29 is 0 Å². The van der Waals surface area contributed by atoms with Gasteiger partial charge < -0.3 is 5.73 Å². The van der Waals surface area contributed by atoms with Crippen molar-refractivity contribution in [1.82, 2.24) is 0 Å². The molecule has 2 rings (SSSR count). The second-order valence-corrected chi connectivity index (χ2v) is 5.13. The average Bonchev–Trinajstić information content (AvgIpc) is 2.23. The fourth-order valence-electron chi connectivity index (χ4n) is 2.81. The fourth-order valence-corrected chi connectivity index (χ4v) is 2.81. The van der Waals surface area contributed by atoms with Gasteiger partial charge in [0.2, 0.25) is 0 Å². The molecule has 0 spiro atoms. The maximum absolute atomic E-state index is 6.06. The van der Waals surface area contributed by atoms with E-state index in [0.717, 1.165) is 17.5 Å². The summed E-state index contributed by atoms with van der Waals surface area (Å²) in [6.45, 7) is 4.72. The van der Waals surface area contributed by atoms with Gasteiger partial charge in [-0.15, -0.1) is 0 Å². The van der Waals surface area contributed by atoms with Crippen molar-refractivity contribution in [3.05, 3.63) is 29.8 Å². The summed E-state index contributed by atoms with van der Waals surface area (Å²) in [6, 6.07) is 8.36. The molecule has 0 aromatic heterocycles. The van der Waals surface area contributed by atoms with Crippen LogP contribution in [0.1, 0.15) is 44.6 Å². The first-order chi connectivity index (χ1) is 7.18. The molecule has 1 aromatic carbocycles. The summed E-state index contributed by atoms with van der Waals surface area (Å²) in [5, 5.41) is 0. The van der Waals surface area contributed by atoms with E-state index in [1.165, 1.54) is 24.8 Å². The minimum atomic E-state index is 0.676. The Labute approximate surface area is 92.7 Å². The summed E-state index contributed by atoms with van der Waals surface area (Å²) in [7, 11) is 0. The Morgan fingerprint density at radius 1 is 1.13 bits per heavy atom. The summed E-state index contributed by atoms with van der Waals surface area (Å²) in [4.78, 5) is 0. The highest BCUT2D eigenvalue weighted by Gasteiger charge is 2.27. The second-order valence-electron chi connectivity index (χ2n) is 5.13. The summed E-state index contributed by atoms with van der Waals surface area (Å²) in [6.07, 6.45) is 4.03. The highest BCUT2D eigenvalue weighted by molar-refractivity contribution is 5.48. The van der Waals surface area contributed by atoms with Crippen LogP contribution in [-0.2, 0) is 0 Å². The maximum atomic E-state index is 6.06. The second kappa shape index (κ2) is 4.26. The molecule has 0 bridgehead atoms. The molecule has 0 saturated heterocycles. The molecule has 0 radical (unpaired) electrons. The van der Waals surface area contributed by atoms with Gasteiger partial charge in [0.25, 0.3) is 0 Å². The molecule has 0 heterocycles. The molecule has 1 aliphatic rings. The molecule has 1 saturated carbocycles. The summed E-state index contributed by atoms with van der Waals surface area (Å²) in [5.74, 6) is 2.31. The van der Waals surface area contributed by atoms with Gasteiger partial charge in [0.05, 0.1) is 0 Å². The van der Waals surface area contributed by atoms with Gasteiger partial charge in [-0.25, -0.2) is 0 Å². The predicted octanol–water partition coefficient (Wildman–Crippen LogP) is 3.81. The van der Waals surface area contributed by atoms with Crippen LogP contribution in [0.2, 0.25) is 0 Å². The number of benzene rings is 1. The minimum Gasteiger partial charge on any atom is -0.398 e. The van der Waals surface area contributed by atoms with Crippen LogP contribution in [0.3, 0.4) is 0 Å². The van der Waals surface area contributed by atoms with Crippen molar-refractivity contribution in [2.24, 2.45) is 11.8 Å². The van der Waals surface area contributed by atoms with Crippen LogP contribution in [-0.4, -0.2) is 0 Å². The van der Waals surface area contributed by atoms with Gasteiger partial charge in [-0.3, -0.25) is 0 Å². The molecule has 1 heteroatoms. The molecule has 0 aliphatic heterocycles. The van der Waals surface area contributed by atoms with Gasteiger partial charge in [0, 0.05) is 5.69 Å². The van der Waals surface area contributed by atoms with E-state index in [2.05, 4.69) is 26.0 Å². The van der Waals surface area contributed by atoms with Gasteiger partial charge in [-0.2, -0.15) is 0 Å².